The van der Waals surface area contributed by atoms with E-state index in [1.165, 1.54) is 5.56 Å². The van der Waals surface area contributed by atoms with Crippen LogP contribution in [0.4, 0.5) is 0 Å². The number of hydrogen-bond donors (Lipinski definition) is 0. The van der Waals surface area contributed by atoms with E-state index in [1.54, 1.807) is 0 Å². The Morgan fingerprint density at radius 2 is 1.84 bits per heavy atom. The Bertz CT molecular complexity index is 564. The molecule has 0 aromatic heterocycles. The Hall–Kier alpha value is -1.61. The molecule has 0 fully saturated rings. The van der Waals surface area contributed by atoms with Gasteiger partial charge in [-0.25, -0.2) is 0 Å². The van der Waals surface area contributed by atoms with Crippen molar-refractivity contribution < 1.29 is 9.53 Å². The summed E-state index contributed by atoms with van der Waals surface area (Å²) in [7, 11) is 0. The van der Waals surface area contributed by atoms with Gasteiger partial charge < -0.3 is 4.74 Å². The first-order valence-corrected chi connectivity index (χ1v) is 7.01. The van der Waals surface area contributed by atoms with E-state index in [4.69, 9.17) is 4.74 Å². The van der Waals surface area contributed by atoms with Gasteiger partial charge in [0, 0.05) is 0 Å². The van der Waals surface area contributed by atoms with Crippen LogP contribution in [0.3, 0.4) is 0 Å². The van der Waals surface area contributed by atoms with E-state index in [0.29, 0.717) is 5.75 Å². The molecule has 0 atom stereocenters. The SMILES string of the molecule is CCc1ccc(OC(=O)Cc2ccccc2)c(Br)c1. The highest BCUT2D eigenvalue weighted by atomic mass is 79.9. The highest BCUT2D eigenvalue weighted by Gasteiger charge is 2.09. The topological polar surface area (TPSA) is 26.3 Å². The van der Waals surface area contributed by atoms with Crippen molar-refractivity contribution in [2.75, 3.05) is 0 Å². The van der Waals surface area contributed by atoms with Crippen LogP contribution in [0, 0.1) is 0 Å². The summed E-state index contributed by atoms with van der Waals surface area (Å²) in [6, 6.07) is 15.3. The van der Waals surface area contributed by atoms with Crippen molar-refractivity contribution >= 4 is 21.9 Å². The summed E-state index contributed by atoms with van der Waals surface area (Å²) in [5.74, 6) is 0.314. The molecule has 0 unspecified atom stereocenters. The van der Waals surface area contributed by atoms with Gasteiger partial charge in [0.15, 0.2) is 0 Å². The minimum atomic E-state index is -0.254. The zero-order valence-corrected chi connectivity index (χ0v) is 12.3. The Morgan fingerprint density at radius 1 is 1.11 bits per heavy atom. The van der Waals surface area contributed by atoms with Gasteiger partial charge in [0.05, 0.1) is 10.9 Å². The molecule has 0 spiro atoms. The molecular formula is C16H15BrO2. The zero-order valence-electron chi connectivity index (χ0n) is 10.7. The largest absolute Gasteiger partial charge is 0.425 e. The second kappa shape index (κ2) is 6.53. The van der Waals surface area contributed by atoms with Gasteiger partial charge >= 0.3 is 5.97 Å². The number of carbonyl (C=O) groups excluding carboxylic acids is 1. The lowest BCUT2D eigenvalue weighted by atomic mass is 10.1. The monoisotopic (exact) mass is 318 g/mol. The number of benzene rings is 2. The second-order valence-corrected chi connectivity index (χ2v) is 5.11. The van der Waals surface area contributed by atoms with Crippen LogP contribution < -0.4 is 4.74 Å². The maximum absolute atomic E-state index is 11.8. The van der Waals surface area contributed by atoms with Crippen molar-refractivity contribution in [1.82, 2.24) is 0 Å². The number of carbonyl (C=O) groups is 1. The lowest BCUT2D eigenvalue weighted by Crippen LogP contribution is -2.11. The van der Waals surface area contributed by atoms with Gasteiger partial charge in [0.25, 0.3) is 0 Å². The third kappa shape index (κ3) is 3.93. The molecule has 98 valence electrons. The molecule has 0 saturated heterocycles. The molecule has 0 aliphatic heterocycles. The van der Waals surface area contributed by atoms with E-state index in [2.05, 4.69) is 22.9 Å². The van der Waals surface area contributed by atoms with Gasteiger partial charge in [-0.15, -0.1) is 0 Å². The minimum Gasteiger partial charge on any atom is -0.425 e. The number of halogens is 1. The Kier molecular flexibility index (Phi) is 4.74. The molecular weight excluding hydrogens is 304 g/mol. The molecule has 2 rings (SSSR count). The van der Waals surface area contributed by atoms with Gasteiger partial charge in [-0.1, -0.05) is 43.3 Å². The van der Waals surface area contributed by atoms with Crippen molar-refractivity contribution in [2.24, 2.45) is 0 Å². The molecule has 19 heavy (non-hydrogen) atoms. The van der Waals surface area contributed by atoms with Gasteiger partial charge in [0.1, 0.15) is 5.75 Å². The van der Waals surface area contributed by atoms with Crippen LogP contribution in [-0.4, -0.2) is 5.97 Å². The van der Waals surface area contributed by atoms with E-state index in [1.807, 2.05) is 48.5 Å². The number of rotatable bonds is 4. The number of esters is 1. The summed E-state index contributed by atoms with van der Waals surface area (Å²) < 4.78 is 6.18. The summed E-state index contributed by atoms with van der Waals surface area (Å²) >= 11 is 3.42. The quantitative estimate of drug-likeness (QED) is 0.625. The highest BCUT2D eigenvalue weighted by molar-refractivity contribution is 9.10. The Morgan fingerprint density at radius 3 is 2.47 bits per heavy atom. The first-order valence-electron chi connectivity index (χ1n) is 6.22. The van der Waals surface area contributed by atoms with Crippen LogP contribution >= 0.6 is 15.9 Å². The van der Waals surface area contributed by atoms with Crippen LogP contribution in [-0.2, 0) is 17.6 Å². The van der Waals surface area contributed by atoms with Crippen LogP contribution in [0.1, 0.15) is 18.1 Å². The van der Waals surface area contributed by atoms with Crippen molar-refractivity contribution in [3.8, 4) is 5.75 Å². The molecule has 0 aliphatic carbocycles. The number of ether oxygens (including phenoxy) is 1. The van der Waals surface area contributed by atoms with E-state index >= 15 is 0 Å². The average molecular weight is 319 g/mol. The summed E-state index contributed by atoms with van der Waals surface area (Å²) in [6.45, 7) is 2.09. The lowest BCUT2D eigenvalue weighted by molar-refractivity contribution is -0.133. The molecule has 0 radical (unpaired) electrons. The van der Waals surface area contributed by atoms with Gasteiger partial charge in [0.2, 0.25) is 0 Å². The van der Waals surface area contributed by atoms with Crippen molar-refractivity contribution in [3.05, 3.63) is 64.1 Å². The minimum absolute atomic E-state index is 0.254. The average Bonchev–Trinajstić information content (AvgIpc) is 2.42. The van der Waals surface area contributed by atoms with Gasteiger partial charge in [-0.3, -0.25) is 4.79 Å². The van der Waals surface area contributed by atoms with Gasteiger partial charge in [-0.2, -0.15) is 0 Å². The zero-order chi connectivity index (χ0) is 13.7. The standard InChI is InChI=1S/C16H15BrO2/c1-2-12-8-9-15(14(17)10-12)19-16(18)11-13-6-4-3-5-7-13/h3-10H,2,11H2,1H3. The molecule has 2 aromatic rings. The van der Waals surface area contributed by atoms with E-state index in [0.717, 1.165) is 16.5 Å². The van der Waals surface area contributed by atoms with E-state index in [-0.39, 0.29) is 12.4 Å². The third-order valence-electron chi connectivity index (χ3n) is 2.82. The van der Waals surface area contributed by atoms with E-state index < -0.39 is 0 Å². The third-order valence-corrected chi connectivity index (χ3v) is 3.44. The van der Waals surface area contributed by atoms with Crippen molar-refractivity contribution in [2.45, 2.75) is 19.8 Å². The van der Waals surface area contributed by atoms with Crippen LogP contribution in [0.25, 0.3) is 0 Å². The molecule has 3 heteroatoms. The second-order valence-electron chi connectivity index (χ2n) is 4.25. The molecule has 0 aliphatic rings. The lowest BCUT2D eigenvalue weighted by Gasteiger charge is -2.07. The molecule has 0 amide bonds. The first-order chi connectivity index (χ1) is 9.19. The summed E-state index contributed by atoms with van der Waals surface area (Å²) in [5, 5.41) is 0. The normalized spacial score (nSPS) is 10.2. The predicted molar refractivity (Wildman–Crippen MR) is 79.3 cm³/mol. The fourth-order valence-electron chi connectivity index (χ4n) is 1.77. The molecule has 2 aromatic carbocycles. The summed E-state index contributed by atoms with van der Waals surface area (Å²) in [5.41, 5.74) is 2.16. The maximum atomic E-state index is 11.8. The predicted octanol–water partition coefficient (Wildman–Crippen LogP) is 4.16. The van der Waals surface area contributed by atoms with Crippen molar-refractivity contribution in [3.63, 3.8) is 0 Å². The number of aryl methyl sites for hydroxylation is 1. The Labute approximate surface area is 121 Å². The molecule has 0 saturated carbocycles. The molecule has 0 heterocycles. The smallest absolute Gasteiger partial charge is 0.315 e. The molecule has 0 N–H and O–H groups in total. The van der Waals surface area contributed by atoms with Crippen molar-refractivity contribution in [1.29, 1.82) is 0 Å². The van der Waals surface area contributed by atoms with E-state index in [9.17, 15) is 4.79 Å². The fourth-order valence-corrected chi connectivity index (χ4v) is 2.28. The summed E-state index contributed by atoms with van der Waals surface area (Å²) in [4.78, 5) is 11.8. The highest BCUT2D eigenvalue weighted by Crippen LogP contribution is 2.26. The van der Waals surface area contributed by atoms with Crippen LogP contribution in [0.2, 0.25) is 0 Å². The maximum Gasteiger partial charge on any atom is 0.315 e. The van der Waals surface area contributed by atoms with Crippen LogP contribution in [0.5, 0.6) is 5.75 Å². The molecule has 0 bridgehead atoms. The van der Waals surface area contributed by atoms with Gasteiger partial charge in [-0.05, 0) is 45.6 Å². The summed E-state index contributed by atoms with van der Waals surface area (Å²) in [6.07, 6.45) is 1.24. The first kappa shape index (κ1) is 13.8. The number of hydrogen-bond acceptors (Lipinski definition) is 2. The Balaban J connectivity index is 2.03. The molecule has 2 nitrogen and oxygen atoms in total. The fraction of sp³-hybridized carbons (Fsp3) is 0.188. The van der Waals surface area contributed by atoms with Crippen LogP contribution in [0.15, 0.2) is 53.0 Å².